The van der Waals surface area contributed by atoms with Crippen molar-refractivity contribution in [3.05, 3.63) is 44.1 Å². The molecule has 2 aromatic rings. The van der Waals surface area contributed by atoms with Crippen molar-refractivity contribution in [2.24, 2.45) is 0 Å². The van der Waals surface area contributed by atoms with Crippen molar-refractivity contribution in [2.75, 3.05) is 5.32 Å². The van der Waals surface area contributed by atoms with Gasteiger partial charge in [-0.3, -0.25) is 0 Å². The zero-order chi connectivity index (χ0) is 15.6. The molecular formula is C14H13BrF3NOS. The lowest BCUT2D eigenvalue weighted by atomic mass is 10.2. The molecule has 114 valence electrons. The van der Waals surface area contributed by atoms with E-state index in [9.17, 15) is 13.2 Å². The predicted octanol–water partition coefficient (Wildman–Crippen LogP) is 5.64. The number of nitrogens with one attached hydrogen (secondary N) is 1. The van der Waals surface area contributed by atoms with Crippen molar-refractivity contribution in [1.29, 1.82) is 0 Å². The Kier molecular flexibility index (Phi) is 4.83. The van der Waals surface area contributed by atoms with Crippen LogP contribution in [0.25, 0.3) is 0 Å². The van der Waals surface area contributed by atoms with Gasteiger partial charge in [-0.05, 0) is 43.7 Å². The number of benzene rings is 1. The Hall–Kier alpha value is -1.21. The molecule has 0 aliphatic heterocycles. The Morgan fingerprint density at radius 1 is 1.24 bits per heavy atom. The summed E-state index contributed by atoms with van der Waals surface area (Å²) in [6.07, 6.45) is -4.72. The molecule has 0 aliphatic rings. The molecule has 21 heavy (non-hydrogen) atoms. The van der Waals surface area contributed by atoms with Gasteiger partial charge in [0.1, 0.15) is 0 Å². The third-order valence-corrected chi connectivity index (χ3v) is 4.28. The average molecular weight is 380 g/mol. The van der Waals surface area contributed by atoms with Crippen molar-refractivity contribution in [1.82, 2.24) is 0 Å². The van der Waals surface area contributed by atoms with E-state index in [0.717, 1.165) is 10.4 Å². The quantitative estimate of drug-likeness (QED) is 0.742. The summed E-state index contributed by atoms with van der Waals surface area (Å²) in [4.78, 5) is 2.32. The van der Waals surface area contributed by atoms with E-state index in [-0.39, 0.29) is 5.75 Å². The van der Waals surface area contributed by atoms with Gasteiger partial charge in [0, 0.05) is 20.8 Å². The van der Waals surface area contributed by atoms with Gasteiger partial charge in [-0.1, -0.05) is 15.9 Å². The number of anilines is 1. The molecule has 0 fully saturated rings. The molecule has 1 aromatic carbocycles. The lowest BCUT2D eigenvalue weighted by Crippen LogP contribution is -2.18. The molecule has 0 saturated heterocycles. The fourth-order valence-electron chi connectivity index (χ4n) is 1.90. The second-order valence-electron chi connectivity index (χ2n) is 4.48. The molecule has 0 spiro atoms. The van der Waals surface area contributed by atoms with E-state index in [4.69, 9.17) is 0 Å². The Morgan fingerprint density at radius 2 is 1.95 bits per heavy atom. The van der Waals surface area contributed by atoms with Crippen LogP contribution in [0.2, 0.25) is 0 Å². The van der Waals surface area contributed by atoms with E-state index in [0.29, 0.717) is 16.7 Å². The van der Waals surface area contributed by atoms with Crippen LogP contribution in [0.15, 0.2) is 28.7 Å². The zero-order valence-corrected chi connectivity index (χ0v) is 13.7. The Labute approximate surface area is 133 Å². The van der Waals surface area contributed by atoms with Crippen LogP contribution in [0.5, 0.6) is 5.75 Å². The highest BCUT2D eigenvalue weighted by Gasteiger charge is 2.32. The zero-order valence-electron chi connectivity index (χ0n) is 11.3. The number of alkyl halides is 3. The Morgan fingerprint density at radius 3 is 2.52 bits per heavy atom. The molecule has 1 aromatic heterocycles. The molecule has 0 atom stereocenters. The van der Waals surface area contributed by atoms with Crippen molar-refractivity contribution < 1.29 is 17.9 Å². The average Bonchev–Trinajstić information content (AvgIpc) is 2.65. The van der Waals surface area contributed by atoms with Crippen molar-refractivity contribution in [3.63, 3.8) is 0 Å². The Bertz CT molecular complexity index is 640. The van der Waals surface area contributed by atoms with Crippen LogP contribution < -0.4 is 10.1 Å². The maximum atomic E-state index is 12.4. The number of aryl methyl sites for hydroxylation is 2. The Balaban J connectivity index is 2.17. The minimum absolute atomic E-state index is 0.249. The van der Waals surface area contributed by atoms with Crippen LogP contribution in [-0.2, 0) is 6.54 Å². The molecule has 7 heteroatoms. The fraction of sp³-hybridized carbons (Fsp3) is 0.286. The number of ether oxygens (including phenoxy) is 1. The number of hydrogen-bond acceptors (Lipinski definition) is 3. The monoisotopic (exact) mass is 379 g/mol. The van der Waals surface area contributed by atoms with Crippen LogP contribution in [0.3, 0.4) is 0 Å². The van der Waals surface area contributed by atoms with E-state index in [1.165, 1.54) is 10.9 Å². The summed E-state index contributed by atoms with van der Waals surface area (Å²) in [5.41, 5.74) is 1.37. The minimum atomic E-state index is -4.72. The van der Waals surface area contributed by atoms with E-state index in [1.807, 2.05) is 19.9 Å². The fourth-order valence-corrected chi connectivity index (χ4v) is 3.19. The highest BCUT2D eigenvalue weighted by molar-refractivity contribution is 9.10. The van der Waals surface area contributed by atoms with Gasteiger partial charge in [-0.2, -0.15) is 0 Å². The molecule has 0 unspecified atom stereocenters. The summed E-state index contributed by atoms with van der Waals surface area (Å²) in [5, 5.41) is 2.99. The van der Waals surface area contributed by atoms with Crippen molar-refractivity contribution >= 4 is 33.0 Å². The second-order valence-corrected chi connectivity index (χ2v) is 6.86. The third-order valence-electron chi connectivity index (χ3n) is 2.78. The van der Waals surface area contributed by atoms with Crippen molar-refractivity contribution in [2.45, 2.75) is 26.8 Å². The van der Waals surface area contributed by atoms with E-state index < -0.39 is 6.36 Å². The van der Waals surface area contributed by atoms with Gasteiger partial charge in [0.2, 0.25) is 0 Å². The summed E-state index contributed by atoms with van der Waals surface area (Å²) in [6.45, 7) is 4.44. The molecule has 0 saturated carbocycles. The molecule has 2 rings (SSSR count). The first-order chi connectivity index (χ1) is 9.74. The molecule has 0 bridgehead atoms. The molecule has 1 N–H and O–H groups in total. The van der Waals surface area contributed by atoms with Gasteiger partial charge in [0.05, 0.1) is 5.69 Å². The van der Waals surface area contributed by atoms with Crippen molar-refractivity contribution in [3.8, 4) is 5.75 Å². The summed E-state index contributed by atoms with van der Waals surface area (Å²) in [7, 11) is 0. The van der Waals surface area contributed by atoms with Crippen LogP contribution >= 0.6 is 27.3 Å². The van der Waals surface area contributed by atoms with Gasteiger partial charge in [0.15, 0.2) is 5.75 Å². The molecule has 1 heterocycles. The number of hydrogen-bond donors (Lipinski definition) is 1. The van der Waals surface area contributed by atoms with Crippen LogP contribution in [0.1, 0.15) is 15.3 Å². The molecular weight excluding hydrogens is 367 g/mol. The van der Waals surface area contributed by atoms with Gasteiger partial charge < -0.3 is 10.1 Å². The summed E-state index contributed by atoms with van der Waals surface area (Å²) in [6, 6.07) is 6.54. The van der Waals surface area contributed by atoms with E-state index in [2.05, 4.69) is 26.0 Å². The van der Waals surface area contributed by atoms with E-state index >= 15 is 0 Å². The maximum absolute atomic E-state index is 12.4. The van der Waals surface area contributed by atoms with Crippen LogP contribution in [-0.4, -0.2) is 6.36 Å². The summed E-state index contributed by atoms with van der Waals surface area (Å²) in [5.74, 6) is -0.249. The topological polar surface area (TPSA) is 21.3 Å². The van der Waals surface area contributed by atoms with Gasteiger partial charge in [-0.15, -0.1) is 24.5 Å². The first-order valence-electron chi connectivity index (χ1n) is 6.09. The summed E-state index contributed by atoms with van der Waals surface area (Å²) >= 11 is 4.80. The van der Waals surface area contributed by atoms with E-state index in [1.54, 1.807) is 23.5 Å². The number of thiophene rings is 1. The lowest BCUT2D eigenvalue weighted by Gasteiger charge is -2.15. The number of rotatable bonds is 4. The highest BCUT2D eigenvalue weighted by atomic mass is 79.9. The van der Waals surface area contributed by atoms with Gasteiger partial charge >= 0.3 is 6.36 Å². The molecule has 2 nitrogen and oxygen atoms in total. The maximum Gasteiger partial charge on any atom is 0.573 e. The number of halogens is 4. The van der Waals surface area contributed by atoms with Crippen LogP contribution in [0.4, 0.5) is 18.9 Å². The normalized spacial score (nSPS) is 11.5. The lowest BCUT2D eigenvalue weighted by molar-refractivity contribution is -0.274. The summed E-state index contributed by atoms with van der Waals surface area (Å²) < 4.78 is 41.8. The van der Waals surface area contributed by atoms with Gasteiger partial charge in [-0.25, -0.2) is 0 Å². The smallest absolute Gasteiger partial charge is 0.404 e. The van der Waals surface area contributed by atoms with Gasteiger partial charge in [0.25, 0.3) is 0 Å². The SMILES string of the molecule is Cc1cc(CNc2ccc(Br)cc2OC(F)(F)F)c(C)s1. The standard InChI is InChI=1S/C14H13BrF3NOS/c1-8-5-10(9(2)21-8)7-19-12-4-3-11(15)6-13(12)20-14(16,17)18/h3-6,19H,7H2,1-2H3. The largest absolute Gasteiger partial charge is 0.573 e. The minimum Gasteiger partial charge on any atom is -0.404 e. The first kappa shape index (κ1) is 16.2. The molecule has 0 aliphatic carbocycles. The predicted molar refractivity (Wildman–Crippen MR) is 81.9 cm³/mol. The third kappa shape index (κ3) is 4.64. The van der Waals surface area contributed by atoms with Crippen LogP contribution in [0, 0.1) is 13.8 Å². The second kappa shape index (κ2) is 6.27. The highest BCUT2D eigenvalue weighted by Crippen LogP contribution is 2.33. The molecule has 0 radical (unpaired) electrons. The molecule has 0 amide bonds. The first-order valence-corrected chi connectivity index (χ1v) is 7.70.